The molecule has 0 unspecified atom stereocenters. The zero-order valence-corrected chi connectivity index (χ0v) is 28.3. The van der Waals surface area contributed by atoms with E-state index >= 15 is 0 Å². The molecule has 0 saturated heterocycles. The van der Waals surface area contributed by atoms with Crippen molar-refractivity contribution < 1.29 is 0 Å². The van der Waals surface area contributed by atoms with Crippen LogP contribution >= 0.6 is 0 Å². The maximum absolute atomic E-state index is 9.32. The molecule has 0 bridgehead atoms. The third-order valence-electron chi connectivity index (χ3n) is 10.7. The van der Waals surface area contributed by atoms with E-state index in [1.165, 1.54) is 88.3 Å². The molecule has 0 heterocycles. The molecule has 9 aromatic carbocycles. The van der Waals surface area contributed by atoms with Crippen LogP contribution in [0.15, 0.2) is 188 Å². The van der Waals surface area contributed by atoms with Gasteiger partial charge in [0.25, 0.3) is 0 Å². The largest absolute Gasteiger partial charge is 0.192 e. The highest BCUT2D eigenvalue weighted by molar-refractivity contribution is 6.22. The van der Waals surface area contributed by atoms with E-state index in [2.05, 4.69) is 170 Å². The summed E-state index contributed by atoms with van der Waals surface area (Å²) in [6.07, 6.45) is 0. The molecule has 0 radical (unpaired) electrons. The SMILES string of the molecule is N#Cc1ccc(-c2ccc(-c3ccc(-c4cc(-c5ccccc5)c5c(c4-c4ccccc4)-c4cccc6cccc-5c46)cc3)c3ccccc23)cc1. The summed E-state index contributed by atoms with van der Waals surface area (Å²) >= 11 is 0. The van der Waals surface area contributed by atoms with Gasteiger partial charge in [0.1, 0.15) is 0 Å². The second-order valence-electron chi connectivity index (χ2n) is 13.5. The van der Waals surface area contributed by atoms with Crippen LogP contribution < -0.4 is 0 Å². The van der Waals surface area contributed by atoms with E-state index < -0.39 is 0 Å². The fraction of sp³-hybridized carbons (Fsp3) is 0. The molecule has 240 valence electrons. The van der Waals surface area contributed by atoms with Gasteiger partial charge >= 0.3 is 0 Å². The summed E-state index contributed by atoms with van der Waals surface area (Å²) in [5, 5.41) is 14.3. The van der Waals surface area contributed by atoms with Crippen LogP contribution in [0.2, 0.25) is 0 Å². The molecule has 52 heavy (non-hydrogen) atoms. The van der Waals surface area contributed by atoms with Gasteiger partial charge in [0, 0.05) is 0 Å². The molecule has 10 rings (SSSR count). The molecule has 1 nitrogen and oxygen atoms in total. The lowest BCUT2D eigenvalue weighted by Crippen LogP contribution is -1.94. The maximum Gasteiger partial charge on any atom is 0.0991 e. The number of hydrogen-bond donors (Lipinski definition) is 0. The first-order chi connectivity index (χ1) is 25.8. The highest BCUT2D eigenvalue weighted by Crippen LogP contribution is 2.57. The Hall–Kier alpha value is -7.01. The van der Waals surface area contributed by atoms with Crippen LogP contribution in [0, 0.1) is 11.3 Å². The molecular weight excluding hydrogens is 627 g/mol. The summed E-state index contributed by atoms with van der Waals surface area (Å²) in [6.45, 7) is 0. The van der Waals surface area contributed by atoms with Gasteiger partial charge in [-0.1, -0.05) is 170 Å². The Labute approximate surface area is 303 Å². The monoisotopic (exact) mass is 657 g/mol. The second-order valence-corrected chi connectivity index (χ2v) is 13.5. The molecule has 1 aliphatic carbocycles. The number of benzene rings is 9. The predicted molar refractivity (Wildman–Crippen MR) is 218 cm³/mol. The van der Waals surface area contributed by atoms with E-state index in [1.807, 2.05) is 24.3 Å². The second kappa shape index (κ2) is 12.1. The number of nitriles is 1. The van der Waals surface area contributed by atoms with Gasteiger partial charge in [-0.05, 0) is 118 Å². The third kappa shape index (κ3) is 4.70. The van der Waals surface area contributed by atoms with Gasteiger partial charge in [0.05, 0.1) is 11.6 Å². The molecular formula is C51H31N. The fourth-order valence-corrected chi connectivity index (χ4v) is 8.32. The van der Waals surface area contributed by atoms with E-state index in [0.29, 0.717) is 5.56 Å². The smallest absolute Gasteiger partial charge is 0.0991 e. The standard InChI is InChI=1S/C51H31N/c52-32-33-21-23-35(24-22-33)40-29-30-41(43-18-8-7-17-42(40)43)36-25-27-37(28-26-36)46-31-47(34-11-3-1-4-12-34)50-44-19-9-15-38-16-10-20-45(48(38)44)51(50)49(46)39-13-5-2-6-14-39/h1-31H. The van der Waals surface area contributed by atoms with Crippen LogP contribution in [0.5, 0.6) is 0 Å². The lowest BCUT2D eigenvalue weighted by atomic mass is 9.82. The predicted octanol–water partition coefficient (Wildman–Crippen LogP) is 13.8. The van der Waals surface area contributed by atoms with Crippen LogP contribution in [0.25, 0.3) is 99.4 Å². The molecule has 0 fully saturated rings. The lowest BCUT2D eigenvalue weighted by Gasteiger charge is -2.21. The summed E-state index contributed by atoms with van der Waals surface area (Å²) in [5.41, 5.74) is 17.9. The van der Waals surface area contributed by atoms with E-state index in [1.54, 1.807) is 0 Å². The minimum atomic E-state index is 0.668. The van der Waals surface area contributed by atoms with Crippen molar-refractivity contribution >= 4 is 21.5 Å². The van der Waals surface area contributed by atoms with Gasteiger partial charge in [0.15, 0.2) is 0 Å². The fourth-order valence-electron chi connectivity index (χ4n) is 8.32. The minimum Gasteiger partial charge on any atom is -0.192 e. The van der Waals surface area contributed by atoms with Crippen LogP contribution in [0.4, 0.5) is 0 Å². The van der Waals surface area contributed by atoms with Gasteiger partial charge in [-0.25, -0.2) is 0 Å². The third-order valence-corrected chi connectivity index (χ3v) is 10.7. The Morgan fingerprint density at radius 3 is 1.35 bits per heavy atom. The minimum absolute atomic E-state index is 0.668. The quantitative estimate of drug-likeness (QED) is 0.181. The molecule has 0 spiro atoms. The summed E-state index contributed by atoms with van der Waals surface area (Å²) < 4.78 is 0. The molecule has 0 aromatic heterocycles. The Balaban J connectivity index is 1.18. The van der Waals surface area contributed by atoms with Crippen molar-refractivity contribution in [3.63, 3.8) is 0 Å². The van der Waals surface area contributed by atoms with Gasteiger partial charge in [0.2, 0.25) is 0 Å². The molecule has 0 saturated carbocycles. The number of nitrogens with zero attached hydrogens (tertiary/aromatic N) is 1. The number of hydrogen-bond acceptors (Lipinski definition) is 1. The first-order valence-electron chi connectivity index (χ1n) is 17.7. The molecule has 1 aliphatic rings. The average Bonchev–Trinajstić information content (AvgIpc) is 3.56. The van der Waals surface area contributed by atoms with Gasteiger partial charge in [-0.3, -0.25) is 0 Å². The first-order valence-corrected chi connectivity index (χ1v) is 17.7. The Bertz CT molecular complexity index is 2850. The Morgan fingerprint density at radius 1 is 0.308 bits per heavy atom. The van der Waals surface area contributed by atoms with Crippen molar-refractivity contribution in [1.29, 1.82) is 5.26 Å². The average molecular weight is 658 g/mol. The van der Waals surface area contributed by atoms with E-state index in [-0.39, 0.29) is 0 Å². The Kier molecular flexibility index (Phi) is 6.95. The number of rotatable bonds is 5. The van der Waals surface area contributed by atoms with Crippen molar-refractivity contribution in [1.82, 2.24) is 0 Å². The van der Waals surface area contributed by atoms with Crippen LogP contribution in [-0.2, 0) is 0 Å². The normalized spacial score (nSPS) is 11.4. The van der Waals surface area contributed by atoms with E-state index in [4.69, 9.17) is 0 Å². The van der Waals surface area contributed by atoms with Gasteiger partial charge < -0.3 is 0 Å². The molecule has 0 amide bonds. The molecule has 0 N–H and O–H groups in total. The summed E-state index contributed by atoms with van der Waals surface area (Å²) in [7, 11) is 0. The van der Waals surface area contributed by atoms with Gasteiger partial charge in [-0.2, -0.15) is 5.26 Å². The molecule has 0 atom stereocenters. The van der Waals surface area contributed by atoms with E-state index in [9.17, 15) is 5.26 Å². The van der Waals surface area contributed by atoms with Crippen molar-refractivity contribution in [2.75, 3.05) is 0 Å². The molecule has 9 aromatic rings. The van der Waals surface area contributed by atoms with Crippen LogP contribution in [-0.4, -0.2) is 0 Å². The molecule has 1 heteroatoms. The Morgan fingerprint density at radius 2 is 0.769 bits per heavy atom. The lowest BCUT2D eigenvalue weighted by molar-refractivity contribution is 1.48. The maximum atomic E-state index is 9.32. The number of fused-ring (bicyclic) bond motifs is 4. The zero-order chi connectivity index (χ0) is 34.6. The van der Waals surface area contributed by atoms with Crippen molar-refractivity contribution in [2.24, 2.45) is 0 Å². The zero-order valence-electron chi connectivity index (χ0n) is 28.3. The van der Waals surface area contributed by atoms with Crippen LogP contribution in [0.3, 0.4) is 0 Å². The molecule has 0 aliphatic heterocycles. The highest BCUT2D eigenvalue weighted by atomic mass is 14.3. The van der Waals surface area contributed by atoms with E-state index in [0.717, 1.165) is 11.1 Å². The highest BCUT2D eigenvalue weighted by Gasteiger charge is 2.30. The van der Waals surface area contributed by atoms with Crippen LogP contribution in [0.1, 0.15) is 5.56 Å². The summed E-state index contributed by atoms with van der Waals surface area (Å²) in [5.74, 6) is 0. The van der Waals surface area contributed by atoms with Crippen molar-refractivity contribution in [2.45, 2.75) is 0 Å². The van der Waals surface area contributed by atoms with Crippen molar-refractivity contribution in [3.05, 3.63) is 194 Å². The topological polar surface area (TPSA) is 23.8 Å². The summed E-state index contributed by atoms with van der Waals surface area (Å²) in [6, 6.07) is 70.0. The summed E-state index contributed by atoms with van der Waals surface area (Å²) in [4.78, 5) is 0. The van der Waals surface area contributed by atoms with Gasteiger partial charge in [-0.15, -0.1) is 0 Å². The first kappa shape index (κ1) is 29.9. The van der Waals surface area contributed by atoms with Crippen molar-refractivity contribution in [3.8, 4) is 84.0 Å².